The Morgan fingerprint density at radius 1 is 1.25 bits per heavy atom. The van der Waals surface area contributed by atoms with Crippen molar-refractivity contribution in [2.75, 3.05) is 18.5 Å². The topological polar surface area (TPSA) is 23.6 Å². The third-order valence-electron chi connectivity index (χ3n) is 4.43. The molecule has 1 aromatic carbocycles. The summed E-state index contributed by atoms with van der Waals surface area (Å²) in [7, 11) is 1.85. The maximum atomic E-state index is 12.3. The minimum Gasteiger partial charge on any atom is -0.349 e. The van der Waals surface area contributed by atoms with E-state index in [9.17, 15) is 4.79 Å². The second kappa shape index (κ2) is 4.29. The Balaban J connectivity index is 2.13. The number of fused-ring (bicyclic) bond motifs is 3. The number of hydrogen-bond donors (Lipinski definition) is 0. The van der Waals surface area contributed by atoms with Gasteiger partial charge in [0.15, 0.2) is 0 Å². The molecule has 0 unspecified atom stereocenters. The fraction of sp³-hybridized carbons (Fsp3) is 0.500. The van der Waals surface area contributed by atoms with Gasteiger partial charge in [-0.15, -0.1) is 0 Å². The molecule has 0 aromatic heterocycles. The molecular formula is C16H20N2OS. The van der Waals surface area contributed by atoms with E-state index in [4.69, 9.17) is 12.2 Å². The highest BCUT2D eigenvalue weighted by atomic mass is 32.1. The molecule has 1 aromatic rings. The number of rotatable bonds is 0. The van der Waals surface area contributed by atoms with Crippen molar-refractivity contribution in [3.05, 3.63) is 29.8 Å². The Labute approximate surface area is 125 Å². The molecule has 2 aliphatic heterocycles. The van der Waals surface area contributed by atoms with Crippen LogP contribution < -0.4 is 4.90 Å². The molecule has 3 nitrogen and oxygen atoms in total. The number of hydrogen-bond acceptors (Lipinski definition) is 2. The molecule has 0 aliphatic carbocycles. The first-order chi connectivity index (χ1) is 9.32. The molecule has 1 fully saturated rings. The summed E-state index contributed by atoms with van der Waals surface area (Å²) in [6, 6.07) is 8.41. The highest BCUT2D eigenvalue weighted by molar-refractivity contribution is 7.80. The van der Waals surface area contributed by atoms with Crippen LogP contribution in [0.1, 0.15) is 32.4 Å². The van der Waals surface area contributed by atoms with Crippen molar-refractivity contribution < 1.29 is 4.79 Å². The summed E-state index contributed by atoms with van der Waals surface area (Å²) in [6.45, 7) is 7.06. The summed E-state index contributed by atoms with van der Waals surface area (Å²) in [6.07, 6.45) is 0. The number of amides is 1. The fourth-order valence-electron chi connectivity index (χ4n) is 3.35. The first kappa shape index (κ1) is 13.6. The zero-order chi connectivity index (χ0) is 14.7. The number of likely N-dealkylation sites (N-methyl/N-ethyl adjacent to an activating group) is 1. The van der Waals surface area contributed by atoms with E-state index in [1.54, 1.807) is 4.90 Å². The molecule has 0 saturated carbocycles. The lowest BCUT2D eigenvalue weighted by Gasteiger charge is -2.54. The summed E-state index contributed by atoms with van der Waals surface area (Å²) in [5.74, 6) is 0.424. The lowest BCUT2D eigenvalue weighted by molar-refractivity contribution is -0.119. The maximum Gasteiger partial charge on any atom is 0.246 e. The van der Waals surface area contributed by atoms with Crippen molar-refractivity contribution in [2.45, 2.75) is 26.8 Å². The van der Waals surface area contributed by atoms with Crippen LogP contribution in [0.2, 0.25) is 0 Å². The number of benzene rings is 1. The summed E-state index contributed by atoms with van der Waals surface area (Å²) in [4.78, 5) is 17.1. The van der Waals surface area contributed by atoms with Gasteiger partial charge in [-0.05, 0) is 17.0 Å². The van der Waals surface area contributed by atoms with E-state index in [0.29, 0.717) is 12.5 Å². The van der Waals surface area contributed by atoms with E-state index >= 15 is 0 Å². The zero-order valence-corrected chi connectivity index (χ0v) is 13.2. The van der Waals surface area contributed by atoms with E-state index < -0.39 is 0 Å². The van der Waals surface area contributed by atoms with Crippen molar-refractivity contribution in [1.82, 2.24) is 4.90 Å². The minimum absolute atomic E-state index is 0.106. The zero-order valence-electron chi connectivity index (χ0n) is 12.4. The van der Waals surface area contributed by atoms with Crippen LogP contribution in [0, 0.1) is 11.3 Å². The molecule has 3 rings (SSSR count). The van der Waals surface area contributed by atoms with Crippen LogP contribution in [0.25, 0.3) is 0 Å². The molecule has 0 radical (unpaired) electrons. The fourth-order valence-corrected chi connectivity index (χ4v) is 4.01. The first-order valence-electron chi connectivity index (χ1n) is 6.98. The Kier molecular flexibility index (Phi) is 2.91. The maximum absolute atomic E-state index is 12.3. The average Bonchev–Trinajstić information content (AvgIpc) is 2.46. The molecule has 2 atom stereocenters. The number of nitrogens with zero attached hydrogens (tertiary/aromatic N) is 2. The predicted molar refractivity (Wildman–Crippen MR) is 84.8 cm³/mol. The minimum atomic E-state index is 0.106. The summed E-state index contributed by atoms with van der Waals surface area (Å²) < 4.78 is 0. The van der Waals surface area contributed by atoms with Gasteiger partial charge in [0.2, 0.25) is 5.91 Å². The van der Waals surface area contributed by atoms with E-state index in [1.807, 2.05) is 25.2 Å². The quantitative estimate of drug-likeness (QED) is 0.686. The van der Waals surface area contributed by atoms with Crippen LogP contribution in [0.3, 0.4) is 0 Å². The van der Waals surface area contributed by atoms with Gasteiger partial charge in [-0.3, -0.25) is 4.79 Å². The molecular weight excluding hydrogens is 268 g/mol. The van der Waals surface area contributed by atoms with Gasteiger partial charge in [-0.2, -0.15) is 0 Å². The van der Waals surface area contributed by atoms with Gasteiger partial charge >= 0.3 is 0 Å². The van der Waals surface area contributed by atoms with Crippen molar-refractivity contribution >= 4 is 28.8 Å². The number of thiocarbonyl (C=S) groups is 1. The number of anilines is 1. The lowest BCUT2D eigenvalue weighted by atomic mass is 9.68. The molecule has 4 heteroatoms. The third-order valence-corrected chi connectivity index (χ3v) is 4.92. The molecule has 0 N–H and O–H groups in total. The van der Waals surface area contributed by atoms with Gasteiger partial charge in [0.25, 0.3) is 0 Å². The summed E-state index contributed by atoms with van der Waals surface area (Å²) in [5, 5.41) is 0. The Morgan fingerprint density at radius 2 is 1.90 bits per heavy atom. The Hall–Kier alpha value is -1.42. The van der Waals surface area contributed by atoms with Gasteiger partial charge in [-0.25, -0.2) is 0 Å². The Bertz CT molecular complexity index is 590. The van der Waals surface area contributed by atoms with Crippen molar-refractivity contribution in [1.29, 1.82) is 0 Å². The van der Waals surface area contributed by atoms with Gasteiger partial charge in [0.1, 0.15) is 0 Å². The SMILES string of the molecule is CN1C(=O)CN2C(=S)[C@@H](C(C)(C)C)[C@@H]2c2ccccc21. The second-order valence-electron chi connectivity index (χ2n) is 6.77. The molecule has 20 heavy (non-hydrogen) atoms. The Morgan fingerprint density at radius 3 is 2.55 bits per heavy atom. The third kappa shape index (κ3) is 1.78. The van der Waals surface area contributed by atoms with Gasteiger partial charge in [0.05, 0.1) is 17.6 Å². The van der Waals surface area contributed by atoms with Gasteiger partial charge < -0.3 is 9.80 Å². The molecule has 0 bridgehead atoms. The molecule has 1 amide bonds. The van der Waals surface area contributed by atoms with E-state index in [1.165, 1.54) is 5.56 Å². The number of carbonyl (C=O) groups excluding carboxylic acids is 1. The predicted octanol–water partition coefficient (Wildman–Crippen LogP) is 3.01. The van der Waals surface area contributed by atoms with Crippen LogP contribution in [-0.4, -0.2) is 29.4 Å². The average molecular weight is 288 g/mol. The molecule has 2 heterocycles. The monoisotopic (exact) mass is 288 g/mol. The molecule has 106 valence electrons. The summed E-state index contributed by atoms with van der Waals surface area (Å²) >= 11 is 5.59. The van der Waals surface area contributed by atoms with Crippen LogP contribution >= 0.6 is 12.2 Å². The van der Waals surface area contributed by atoms with Crippen molar-refractivity contribution in [3.8, 4) is 0 Å². The van der Waals surface area contributed by atoms with Crippen LogP contribution in [0.15, 0.2) is 24.3 Å². The molecule has 2 aliphatic rings. The number of carbonyl (C=O) groups is 1. The lowest BCUT2D eigenvalue weighted by Crippen LogP contribution is -2.59. The summed E-state index contributed by atoms with van der Waals surface area (Å²) in [5.41, 5.74) is 2.34. The smallest absolute Gasteiger partial charge is 0.246 e. The van der Waals surface area contributed by atoms with Crippen molar-refractivity contribution in [3.63, 3.8) is 0 Å². The van der Waals surface area contributed by atoms with E-state index in [2.05, 4.69) is 31.7 Å². The first-order valence-corrected chi connectivity index (χ1v) is 7.39. The van der Waals surface area contributed by atoms with E-state index in [-0.39, 0.29) is 17.4 Å². The molecule has 0 spiro atoms. The van der Waals surface area contributed by atoms with Crippen LogP contribution in [0.5, 0.6) is 0 Å². The van der Waals surface area contributed by atoms with Gasteiger partial charge in [-0.1, -0.05) is 51.2 Å². The van der Waals surface area contributed by atoms with Crippen molar-refractivity contribution in [2.24, 2.45) is 11.3 Å². The van der Waals surface area contributed by atoms with Crippen LogP contribution in [-0.2, 0) is 4.79 Å². The largest absolute Gasteiger partial charge is 0.349 e. The standard InChI is InChI=1S/C16H20N2OS/c1-16(2,3)13-14-10-7-5-6-8-11(10)17(4)12(19)9-18(14)15(13)20/h5-8,13-14H,9H2,1-4H3/t13-,14-/m0/s1. The number of para-hydroxylation sites is 1. The second-order valence-corrected chi connectivity index (χ2v) is 7.18. The molecule has 1 saturated heterocycles. The van der Waals surface area contributed by atoms with Crippen LogP contribution in [0.4, 0.5) is 5.69 Å². The van der Waals surface area contributed by atoms with E-state index in [0.717, 1.165) is 10.7 Å². The normalized spacial score (nSPS) is 25.8. The van der Waals surface area contributed by atoms with Gasteiger partial charge in [0, 0.05) is 18.7 Å². The highest BCUT2D eigenvalue weighted by Crippen LogP contribution is 2.52. The highest BCUT2D eigenvalue weighted by Gasteiger charge is 2.52.